The SMILES string of the molecule is COCC1CN(c2cccc(C(F)(F)F)c2)CC2(CCN(C(=O)c3ccc(C(C)(C)O)c(F)c3)CC2)O1. The number of aliphatic hydroxyl groups is 1. The number of carbonyl (C=O) groups excluding carboxylic acids is 1. The van der Waals surface area contributed by atoms with Gasteiger partial charge in [0.15, 0.2) is 0 Å². The van der Waals surface area contributed by atoms with Crippen molar-refractivity contribution in [2.24, 2.45) is 0 Å². The molecule has 0 aliphatic carbocycles. The van der Waals surface area contributed by atoms with Gasteiger partial charge in [-0.3, -0.25) is 4.79 Å². The van der Waals surface area contributed by atoms with Crippen molar-refractivity contribution in [2.45, 2.75) is 50.2 Å². The number of amides is 1. The topological polar surface area (TPSA) is 62.2 Å². The summed E-state index contributed by atoms with van der Waals surface area (Å²) >= 11 is 0. The maximum absolute atomic E-state index is 14.5. The van der Waals surface area contributed by atoms with Gasteiger partial charge in [0.05, 0.1) is 29.5 Å². The predicted octanol–water partition coefficient (Wildman–Crippen LogP) is 4.60. The van der Waals surface area contributed by atoms with Crippen LogP contribution in [0.1, 0.15) is 48.2 Å². The van der Waals surface area contributed by atoms with Gasteiger partial charge in [0, 0.05) is 50.1 Å². The fourth-order valence-corrected chi connectivity index (χ4v) is 5.15. The molecule has 2 aliphatic heterocycles. The third-order valence-corrected chi connectivity index (χ3v) is 7.05. The Kier molecular flexibility index (Phi) is 7.56. The highest BCUT2D eigenvalue weighted by Gasteiger charge is 2.44. The summed E-state index contributed by atoms with van der Waals surface area (Å²) in [5.41, 5.74) is -1.99. The van der Waals surface area contributed by atoms with Crippen LogP contribution in [0, 0.1) is 5.82 Å². The molecule has 1 N–H and O–H groups in total. The van der Waals surface area contributed by atoms with Gasteiger partial charge in [-0.25, -0.2) is 4.39 Å². The molecule has 2 aliphatic rings. The molecular formula is C27H32F4N2O4. The van der Waals surface area contributed by atoms with Crippen LogP contribution >= 0.6 is 0 Å². The molecule has 1 unspecified atom stereocenters. The highest BCUT2D eigenvalue weighted by molar-refractivity contribution is 5.94. The van der Waals surface area contributed by atoms with Crippen molar-refractivity contribution in [3.63, 3.8) is 0 Å². The molecule has 2 saturated heterocycles. The summed E-state index contributed by atoms with van der Waals surface area (Å²) in [4.78, 5) is 16.6. The lowest BCUT2D eigenvalue weighted by Gasteiger charge is -2.50. The van der Waals surface area contributed by atoms with Gasteiger partial charge in [-0.2, -0.15) is 13.2 Å². The number of hydrogen-bond acceptors (Lipinski definition) is 5. The summed E-state index contributed by atoms with van der Waals surface area (Å²) in [6, 6.07) is 9.31. The summed E-state index contributed by atoms with van der Waals surface area (Å²) in [6.07, 6.45) is -3.85. The van der Waals surface area contributed by atoms with E-state index in [0.717, 1.165) is 18.2 Å². The average Bonchev–Trinajstić information content (AvgIpc) is 2.83. The van der Waals surface area contributed by atoms with E-state index < -0.39 is 28.8 Å². The maximum Gasteiger partial charge on any atom is 0.416 e. The molecule has 6 nitrogen and oxygen atoms in total. The second kappa shape index (κ2) is 10.2. The minimum atomic E-state index is -4.44. The maximum atomic E-state index is 14.5. The number of benzene rings is 2. The first-order valence-corrected chi connectivity index (χ1v) is 12.2. The van der Waals surface area contributed by atoms with E-state index >= 15 is 0 Å². The van der Waals surface area contributed by atoms with Gasteiger partial charge in [-0.1, -0.05) is 12.1 Å². The molecule has 2 fully saturated rings. The lowest BCUT2D eigenvalue weighted by Crippen LogP contribution is -2.61. The third-order valence-electron chi connectivity index (χ3n) is 7.05. The standard InChI is InChI=1S/C27H32F4N2O4/c1-25(2,35)22-8-7-18(13-23(22)28)24(34)32-11-9-26(10-12-32)17-33(15-21(37-26)16-36-3)20-6-4-5-19(14-20)27(29,30)31/h4-8,13-14,21,35H,9-12,15-17H2,1-3H3. The molecular weight excluding hydrogens is 492 g/mol. The second-order valence-corrected chi connectivity index (χ2v) is 10.4. The number of nitrogens with zero attached hydrogens (tertiary/aromatic N) is 2. The minimum Gasteiger partial charge on any atom is -0.386 e. The molecule has 1 amide bonds. The molecule has 202 valence electrons. The number of piperidine rings is 1. The zero-order valence-electron chi connectivity index (χ0n) is 21.1. The first-order chi connectivity index (χ1) is 17.3. The molecule has 10 heteroatoms. The number of morpholine rings is 1. The van der Waals surface area contributed by atoms with Gasteiger partial charge in [0.25, 0.3) is 5.91 Å². The van der Waals surface area contributed by atoms with Crippen molar-refractivity contribution >= 4 is 11.6 Å². The predicted molar refractivity (Wildman–Crippen MR) is 130 cm³/mol. The van der Waals surface area contributed by atoms with Crippen LogP contribution in [0.2, 0.25) is 0 Å². The fourth-order valence-electron chi connectivity index (χ4n) is 5.15. The number of rotatable bonds is 5. The van der Waals surface area contributed by atoms with Crippen molar-refractivity contribution in [1.29, 1.82) is 0 Å². The largest absolute Gasteiger partial charge is 0.416 e. The van der Waals surface area contributed by atoms with Crippen molar-refractivity contribution in [1.82, 2.24) is 4.90 Å². The molecule has 4 rings (SSSR count). The van der Waals surface area contributed by atoms with Gasteiger partial charge in [-0.05, 0) is 57.0 Å². The van der Waals surface area contributed by atoms with Crippen LogP contribution < -0.4 is 4.90 Å². The van der Waals surface area contributed by atoms with Crippen molar-refractivity contribution < 1.29 is 36.9 Å². The summed E-state index contributed by atoms with van der Waals surface area (Å²) in [7, 11) is 1.54. The molecule has 1 spiro atoms. The van der Waals surface area contributed by atoms with E-state index in [0.29, 0.717) is 44.7 Å². The minimum absolute atomic E-state index is 0.108. The van der Waals surface area contributed by atoms with E-state index in [1.165, 1.54) is 32.0 Å². The normalized spacial score (nSPS) is 20.4. The molecule has 0 saturated carbocycles. The van der Waals surface area contributed by atoms with Gasteiger partial charge >= 0.3 is 6.18 Å². The first-order valence-electron chi connectivity index (χ1n) is 12.2. The third kappa shape index (κ3) is 6.08. The number of methoxy groups -OCH3 is 1. The molecule has 0 bridgehead atoms. The van der Waals surface area contributed by atoms with Gasteiger partial charge in [0.1, 0.15) is 5.82 Å². The molecule has 2 aromatic rings. The van der Waals surface area contributed by atoms with Crippen LogP contribution in [0.15, 0.2) is 42.5 Å². The van der Waals surface area contributed by atoms with E-state index in [9.17, 15) is 27.5 Å². The van der Waals surface area contributed by atoms with E-state index in [4.69, 9.17) is 9.47 Å². The van der Waals surface area contributed by atoms with Gasteiger partial charge < -0.3 is 24.4 Å². The quantitative estimate of drug-likeness (QED) is 0.580. The zero-order chi connectivity index (χ0) is 27.0. The number of alkyl halides is 3. The number of hydrogen-bond donors (Lipinski definition) is 1. The Hall–Kier alpha value is -2.69. The zero-order valence-corrected chi connectivity index (χ0v) is 21.1. The lowest BCUT2D eigenvalue weighted by atomic mass is 9.87. The van der Waals surface area contributed by atoms with Crippen molar-refractivity contribution in [2.75, 3.05) is 44.8 Å². The Morgan fingerprint density at radius 1 is 1.16 bits per heavy atom. The van der Waals surface area contributed by atoms with Gasteiger partial charge in [-0.15, -0.1) is 0 Å². The van der Waals surface area contributed by atoms with Crippen LogP contribution in [-0.2, 0) is 21.3 Å². The van der Waals surface area contributed by atoms with Crippen molar-refractivity contribution in [3.8, 4) is 0 Å². The number of anilines is 1. The first kappa shape index (κ1) is 27.3. The Morgan fingerprint density at radius 3 is 2.46 bits per heavy atom. The van der Waals surface area contributed by atoms with Crippen molar-refractivity contribution in [3.05, 3.63) is 65.0 Å². The number of halogens is 4. The highest BCUT2D eigenvalue weighted by Crippen LogP contribution is 2.37. The monoisotopic (exact) mass is 524 g/mol. The van der Waals surface area contributed by atoms with E-state index in [2.05, 4.69) is 0 Å². The van der Waals surface area contributed by atoms with E-state index in [-0.39, 0.29) is 29.7 Å². The fraction of sp³-hybridized carbons (Fsp3) is 0.519. The second-order valence-electron chi connectivity index (χ2n) is 10.4. The van der Waals surface area contributed by atoms with Crippen LogP contribution in [0.5, 0.6) is 0 Å². The molecule has 37 heavy (non-hydrogen) atoms. The lowest BCUT2D eigenvalue weighted by molar-refractivity contribution is -0.145. The van der Waals surface area contributed by atoms with Crippen LogP contribution in [0.4, 0.5) is 23.2 Å². The smallest absolute Gasteiger partial charge is 0.386 e. The molecule has 0 aromatic heterocycles. The summed E-state index contributed by atoms with van der Waals surface area (Å²) in [5, 5.41) is 10.1. The number of likely N-dealkylation sites (tertiary alicyclic amines) is 1. The Labute approximate surface area is 213 Å². The number of ether oxygens (including phenoxy) is 2. The molecule has 1 atom stereocenters. The van der Waals surface area contributed by atoms with E-state index in [1.807, 2.05) is 4.90 Å². The molecule has 2 aromatic carbocycles. The van der Waals surface area contributed by atoms with Crippen LogP contribution in [0.25, 0.3) is 0 Å². The Morgan fingerprint density at radius 2 is 1.86 bits per heavy atom. The molecule has 2 heterocycles. The number of carbonyl (C=O) groups is 1. The summed E-state index contributed by atoms with van der Waals surface area (Å²) in [5.74, 6) is -0.975. The summed E-state index contributed by atoms with van der Waals surface area (Å²) < 4.78 is 66.2. The molecule has 0 radical (unpaired) electrons. The van der Waals surface area contributed by atoms with Crippen LogP contribution in [0.3, 0.4) is 0 Å². The highest BCUT2D eigenvalue weighted by atomic mass is 19.4. The van der Waals surface area contributed by atoms with Gasteiger partial charge in [0.2, 0.25) is 0 Å². The Bertz CT molecular complexity index is 1120. The Balaban J connectivity index is 1.49. The summed E-state index contributed by atoms with van der Waals surface area (Å²) in [6.45, 7) is 4.69. The average molecular weight is 525 g/mol. The van der Waals surface area contributed by atoms with E-state index in [1.54, 1.807) is 18.1 Å². The van der Waals surface area contributed by atoms with Crippen LogP contribution in [-0.4, -0.2) is 67.5 Å².